The van der Waals surface area contributed by atoms with E-state index in [9.17, 15) is 4.79 Å². The Hall–Kier alpha value is -3.73. The molecule has 0 N–H and O–H groups in total. The van der Waals surface area contributed by atoms with Crippen LogP contribution in [0.1, 0.15) is 68.2 Å². The van der Waals surface area contributed by atoms with Gasteiger partial charge in [-0.25, -0.2) is 9.97 Å². The van der Waals surface area contributed by atoms with Crippen molar-refractivity contribution < 1.29 is 9.53 Å². The maximum atomic E-state index is 11.4. The molecule has 0 radical (unpaired) electrons. The van der Waals surface area contributed by atoms with E-state index in [0.717, 1.165) is 51.3 Å². The molecular formula is C34H43N3O2. The van der Waals surface area contributed by atoms with E-state index in [1.54, 1.807) is 6.92 Å². The van der Waals surface area contributed by atoms with Crippen LogP contribution in [0.2, 0.25) is 0 Å². The lowest BCUT2D eigenvalue weighted by Crippen LogP contribution is -2.12. The molecule has 4 aromatic rings. The number of ketones is 1. The summed E-state index contributed by atoms with van der Waals surface area (Å²) in [7, 11) is 3.99. The van der Waals surface area contributed by atoms with E-state index in [1.807, 2.05) is 105 Å². The molecule has 5 heteroatoms. The minimum absolute atomic E-state index is 0.0669. The molecule has 39 heavy (non-hydrogen) atoms. The summed E-state index contributed by atoms with van der Waals surface area (Å²) in [6.45, 7) is 8.64. The smallest absolute Gasteiger partial charge is 0.160 e. The molecule has 0 saturated heterocycles. The van der Waals surface area contributed by atoms with Crippen LogP contribution in [-0.4, -0.2) is 29.8 Å². The van der Waals surface area contributed by atoms with Crippen molar-refractivity contribution in [1.29, 1.82) is 0 Å². The summed E-state index contributed by atoms with van der Waals surface area (Å²) in [5.41, 5.74) is 2.65. The molecule has 0 spiro atoms. The van der Waals surface area contributed by atoms with Crippen molar-refractivity contribution in [2.24, 2.45) is 11.8 Å². The van der Waals surface area contributed by atoms with Crippen molar-refractivity contribution >= 4 is 22.5 Å². The molecule has 0 bridgehead atoms. The van der Waals surface area contributed by atoms with Crippen LogP contribution in [0.3, 0.4) is 0 Å². The average molecular weight is 526 g/mol. The van der Waals surface area contributed by atoms with E-state index in [1.165, 1.54) is 25.7 Å². The molecule has 1 heterocycles. The standard InChI is InChI=1S/C15H14O2.C11H13N3.C8H16/c1-12(16)15-10-6-5-7-13(15)11-17-14-8-3-2-4-9-14;1-8-12-10-7-5-4-6-9(10)11(13-8)14(2)3;1-7-3-5-8(2)6-4-7/h2-10H,11H2,1H3;4-7H,1-3H3;7-8H,3-6H2,1-2H3. The molecule has 1 saturated carbocycles. The number of Topliss-reactive ketones (excluding diaryl/α,β-unsaturated/α-hetero) is 1. The monoisotopic (exact) mass is 525 g/mol. The number of fused-ring (bicyclic) bond motifs is 1. The lowest BCUT2D eigenvalue weighted by Gasteiger charge is -2.22. The third-order valence-corrected chi connectivity index (χ3v) is 6.96. The molecule has 1 aliphatic carbocycles. The number of carbonyl (C=O) groups excluding carboxylic acids is 1. The number of benzene rings is 3. The number of aryl methyl sites for hydroxylation is 1. The summed E-state index contributed by atoms with van der Waals surface area (Å²) in [5.74, 6) is 4.71. The predicted molar refractivity (Wildman–Crippen MR) is 163 cm³/mol. The Bertz CT molecular complexity index is 1300. The molecular weight excluding hydrogens is 482 g/mol. The van der Waals surface area contributed by atoms with E-state index < -0.39 is 0 Å². The fourth-order valence-electron chi connectivity index (χ4n) is 4.61. The highest BCUT2D eigenvalue weighted by Gasteiger charge is 2.13. The van der Waals surface area contributed by atoms with Gasteiger partial charge in [0, 0.05) is 30.6 Å². The average Bonchev–Trinajstić information content (AvgIpc) is 2.94. The molecule has 5 nitrogen and oxygen atoms in total. The molecule has 0 atom stereocenters. The SMILES string of the molecule is CC(=O)c1ccccc1COc1ccccc1.CC1CCC(C)CC1.Cc1nc(N(C)C)c2ccccc2n1. The number of rotatable bonds is 5. The number of nitrogens with zero attached hydrogens (tertiary/aromatic N) is 3. The molecule has 5 rings (SSSR count). The zero-order valence-electron chi connectivity index (χ0n) is 24.4. The van der Waals surface area contributed by atoms with Gasteiger partial charge in [0.1, 0.15) is 24.0 Å². The van der Waals surface area contributed by atoms with Gasteiger partial charge in [-0.3, -0.25) is 4.79 Å². The van der Waals surface area contributed by atoms with Crippen LogP contribution < -0.4 is 9.64 Å². The van der Waals surface area contributed by atoms with E-state index in [-0.39, 0.29) is 5.78 Å². The van der Waals surface area contributed by atoms with Crippen molar-refractivity contribution in [1.82, 2.24) is 9.97 Å². The first-order chi connectivity index (χ1) is 18.7. The molecule has 1 aromatic heterocycles. The van der Waals surface area contributed by atoms with Crippen LogP contribution in [0.4, 0.5) is 5.82 Å². The van der Waals surface area contributed by atoms with Gasteiger partial charge in [0.15, 0.2) is 5.78 Å². The van der Waals surface area contributed by atoms with Gasteiger partial charge in [0.25, 0.3) is 0 Å². The van der Waals surface area contributed by atoms with Gasteiger partial charge in [0.2, 0.25) is 0 Å². The van der Waals surface area contributed by atoms with Crippen LogP contribution in [0.15, 0.2) is 78.9 Å². The largest absolute Gasteiger partial charge is 0.489 e. The number of aromatic nitrogens is 2. The van der Waals surface area contributed by atoms with Gasteiger partial charge in [-0.15, -0.1) is 0 Å². The summed E-state index contributed by atoms with van der Waals surface area (Å²) in [6, 6.07) is 25.2. The second-order valence-corrected chi connectivity index (χ2v) is 10.7. The number of hydrogen-bond acceptors (Lipinski definition) is 5. The van der Waals surface area contributed by atoms with Crippen molar-refractivity contribution in [2.45, 2.75) is 60.0 Å². The Morgan fingerprint density at radius 2 is 1.38 bits per heavy atom. The van der Waals surface area contributed by atoms with E-state index in [2.05, 4.69) is 23.8 Å². The Balaban J connectivity index is 0.000000172. The summed E-state index contributed by atoms with van der Waals surface area (Å²) < 4.78 is 5.63. The van der Waals surface area contributed by atoms with E-state index >= 15 is 0 Å². The van der Waals surface area contributed by atoms with Crippen LogP contribution in [0.25, 0.3) is 10.9 Å². The first kappa shape index (κ1) is 29.8. The summed E-state index contributed by atoms with van der Waals surface area (Å²) >= 11 is 0. The molecule has 0 unspecified atom stereocenters. The number of ether oxygens (including phenoxy) is 1. The fourth-order valence-corrected chi connectivity index (χ4v) is 4.61. The summed E-state index contributed by atoms with van der Waals surface area (Å²) in [6.07, 6.45) is 5.89. The molecule has 3 aromatic carbocycles. The molecule has 1 fully saturated rings. The van der Waals surface area contributed by atoms with Crippen molar-refractivity contribution in [2.75, 3.05) is 19.0 Å². The van der Waals surface area contributed by atoms with E-state index in [4.69, 9.17) is 4.74 Å². The number of anilines is 1. The Morgan fingerprint density at radius 1 is 0.821 bits per heavy atom. The second kappa shape index (κ2) is 15.0. The maximum absolute atomic E-state index is 11.4. The van der Waals surface area contributed by atoms with Crippen molar-refractivity contribution in [3.05, 3.63) is 95.8 Å². The van der Waals surface area contributed by atoms with Gasteiger partial charge in [-0.2, -0.15) is 0 Å². The summed E-state index contributed by atoms with van der Waals surface area (Å²) in [5, 5.41) is 1.10. The number of para-hydroxylation sites is 2. The fraction of sp³-hybridized carbons (Fsp3) is 0.382. The lowest BCUT2D eigenvalue weighted by atomic mass is 9.84. The number of carbonyl (C=O) groups is 1. The third kappa shape index (κ3) is 9.51. The van der Waals surface area contributed by atoms with Gasteiger partial charge >= 0.3 is 0 Å². The van der Waals surface area contributed by atoms with Crippen LogP contribution in [-0.2, 0) is 6.61 Å². The second-order valence-electron chi connectivity index (χ2n) is 10.7. The van der Waals surface area contributed by atoms with Crippen LogP contribution >= 0.6 is 0 Å². The zero-order valence-corrected chi connectivity index (χ0v) is 24.4. The normalized spacial score (nSPS) is 16.3. The van der Waals surface area contributed by atoms with Gasteiger partial charge in [-0.05, 0) is 49.9 Å². The lowest BCUT2D eigenvalue weighted by molar-refractivity contribution is 0.101. The minimum Gasteiger partial charge on any atom is -0.489 e. The molecule has 0 amide bonds. The first-order valence-corrected chi connectivity index (χ1v) is 13.9. The van der Waals surface area contributed by atoms with Gasteiger partial charge < -0.3 is 9.64 Å². The van der Waals surface area contributed by atoms with Crippen molar-refractivity contribution in [3.63, 3.8) is 0 Å². The Kier molecular flexibility index (Phi) is 11.5. The molecule has 206 valence electrons. The van der Waals surface area contributed by atoms with Crippen molar-refractivity contribution in [3.8, 4) is 5.75 Å². The molecule has 0 aliphatic heterocycles. The Labute approximate surface area is 234 Å². The predicted octanol–water partition coefficient (Wildman–Crippen LogP) is 8.31. The quantitative estimate of drug-likeness (QED) is 0.245. The highest BCUT2D eigenvalue weighted by molar-refractivity contribution is 5.95. The third-order valence-electron chi connectivity index (χ3n) is 6.96. The minimum atomic E-state index is 0.0669. The Morgan fingerprint density at radius 3 is 2.00 bits per heavy atom. The number of hydrogen-bond donors (Lipinski definition) is 0. The van der Waals surface area contributed by atoms with Gasteiger partial charge in [-0.1, -0.05) is 94.1 Å². The van der Waals surface area contributed by atoms with Crippen LogP contribution in [0.5, 0.6) is 5.75 Å². The highest BCUT2D eigenvalue weighted by Crippen LogP contribution is 2.27. The first-order valence-electron chi connectivity index (χ1n) is 13.9. The van der Waals surface area contributed by atoms with Crippen LogP contribution in [0, 0.1) is 18.8 Å². The maximum Gasteiger partial charge on any atom is 0.160 e. The van der Waals surface area contributed by atoms with Gasteiger partial charge in [0.05, 0.1) is 5.52 Å². The molecule has 1 aliphatic rings. The topological polar surface area (TPSA) is 55.3 Å². The highest BCUT2D eigenvalue weighted by atomic mass is 16.5. The summed E-state index contributed by atoms with van der Waals surface area (Å²) in [4.78, 5) is 22.2. The van der Waals surface area contributed by atoms with E-state index in [0.29, 0.717) is 6.61 Å². The zero-order chi connectivity index (χ0) is 28.2.